The van der Waals surface area contributed by atoms with E-state index in [1.807, 2.05) is 48.9 Å². The highest BCUT2D eigenvalue weighted by atomic mass is 16.5. The Hall–Kier alpha value is -2.96. The van der Waals surface area contributed by atoms with Crippen molar-refractivity contribution in [1.82, 2.24) is 25.0 Å². The molecule has 136 valence electrons. The summed E-state index contributed by atoms with van der Waals surface area (Å²) >= 11 is 0. The number of aromatic nitrogens is 4. The predicted octanol–water partition coefficient (Wildman–Crippen LogP) is 2.69. The zero-order valence-corrected chi connectivity index (χ0v) is 15.1. The number of carbonyl (C=O) groups excluding carboxylic acids is 1. The van der Waals surface area contributed by atoms with Crippen molar-refractivity contribution in [3.63, 3.8) is 0 Å². The summed E-state index contributed by atoms with van der Waals surface area (Å²) in [4.78, 5) is 20.5. The van der Waals surface area contributed by atoms with Crippen molar-refractivity contribution in [2.24, 2.45) is 0 Å². The fraction of sp³-hybridized carbons (Fsp3) is 0.368. The van der Waals surface area contributed by atoms with Gasteiger partial charge in [-0.2, -0.15) is 4.98 Å². The molecule has 0 fully saturated rings. The second-order valence-corrected chi connectivity index (χ2v) is 6.20. The van der Waals surface area contributed by atoms with E-state index in [1.165, 1.54) is 0 Å². The van der Waals surface area contributed by atoms with E-state index in [-0.39, 0.29) is 5.91 Å². The van der Waals surface area contributed by atoms with Gasteiger partial charge in [-0.1, -0.05) is 29.4 Å². The molecule has 3 aromatic rings. The number of amides is 1. The van der Waals surface area contributed by atoms with E-state index in [9.17, 15) is 4.79 Å². The van der Waals surface area contributed by atoms with Gasteiger partial charge in [-0.15, -0.1) is 0 Å². The Kier molecular flexibility index (Phi) is 5.78. The standard InChI is InChI=1S/C19H23N5O2/c1-14-6-3-4-7-16(14)19-22-18(26-23-19)9-5-8-17(25)21-11-13-24-12-10-20-15(24)2/h3-4,6-7,10,12H,5,8-9,11,13H2,1-2H3,(H,21,25). The third kappa shape index (κ3) is 4.56. The van der Waals surface area contributed by atoms with E-state index in [0.717, 1.165) is 23.5 Å². The number of hydrogen-bond acceptors (Lipinski definition) is 5. The van der Waals surface area contributed by atoms with Crippen LogP contribution in [0, 0.1) is 13.8 Å². The van der Waals surface area contributed by atoms with Crippen LogP contribution < -0.4 is 5.32 Å². The van der Waals surface area contributed by atoms with Crippen molar-refractivity contribution >= 4 is 5.91 Å². The lowest BCUT2D eigenvalue weighted by Gasteiger charge is -2.06. The molecular formula is C19H23N5O2. The number of nitrogens with one attached hydrogen (secondary N) is 1. The second-order valence-electron chi connectivity index (χ2n) is 6.20. The van der Waals surface area contributed by atoms with E-state index in [0.29, 0.717) is 37.5 Å². The zero-order chi connectivity index (χ0) is 18.4. The highest BCUT2D eigenvalue weighted by Crippen LogP contribution is 2.20. The van der Waals surface area contributed by atoms with Gasteiger partial charge >= 0.3 is 0 Å². The minimum atomic E-state index is 0.0291. The summed E-state index contributed by atoms with van der Waals surface area (Å²) in [5.41, 5.74) is 2.07. The number of carbonyl (C=O) groups is 1. The van der Waals surface area contributed by atoms with Crippen molar-refractivity contribution in [3.8, 4) is 11.4 Å². The first-order valence-corrected chi connectivity index (χ1v) is 8.76. The van der Waals surface area contributed by atoms with Crippen LogP contribution in [0.5, 0.6) is 0 Å². The maximum atomic E-state index is 11.9. The van der Waals surface area contributed by atoms with E-state index in [2.05, 4.69) is 20.4 Å². The Morgan fingerprint density at radius 3 is 2.88 bits per heavy atom. The summed E-state index contributed by atoms with van der Waals surface area (Å²) < 4.78 is 7.30. The summed E-state index contributed by atoms with van der Waals surface area (Å²) in [6, 6.07) is 7.92. The van der Waals surface area contributed by atoms with Crippen LogP contribution in [0.15, 0.2) is 41.2 Å². The topological polar surface area (TPSA) is 85.8 Å². The van der Waals surface area contributed by atoms with Crippen LogP contribution in [0.3, 0.4) is 0 Å². The third-order valence-electron chi connectivity index (χ3n) is 4.25. The normalized spacial score (nSPS) is 10.8. The predicted molar refractivity (Wildman–Crippen MR) is 97.4 cm³/mol. The number of imidazole rings is 1. The average Bonchev–Trinajstić information content (AvgIpc) is 3.25. The van der Waals surface area contributed by atoms with E-state index in [4.69, 9.17) is 4.52 Å². The number of nitrogens with zero attached hydrogens (tertiary/aromatic N) is 4. The summed E-state index contributed by atoms with van der Waals surface area (Å²) in [6.45, 7) is 5.27. The molecule has 0 saturated carbocycles. The molecule has 1 amide bonds. The molecule has 26 heavy (non-hydrogen) atoms. The number of rotatable bonds is 8. The molecule has 0 aliphatic heterocycles. The molecule has 1 N–H and O–H groups in total. The molecule has 0 bridgehead atoms. The highest BCUT2D eigenvalue weighted by Gasteiger charge is 2.11. The lowest BCUT2D eigenvalue weighted by atomic mass is 10.1. The van der Waals surface area contributed by atoms with Gasteiger partial charge in [0.05, 0.1) is 0 Å². The van der Waals surface area contributed by atoms with Crippen molar-refractivity contribution < 1.29 is 9.32 Å². The highest BCUT2D eigenvalue weighted by molar-refractivity contribution is 5.75. The molecular weight excluding hydrogens is 330 g/mol. The summed E-state index contributed by atoms with van der Waals surface area (Å²) in [5, 5.41) is 6.95. The number of hydrogen-bond donors (Lipinski definition) is 1. The quantitative estimate of drug-likeness (QED) is 0.673. The fourth-order valence-electron chi connectivity index (χ4n) is 2.73. The lowest BCUT2D eigenvalue weighted by Crippen LogP contribution is -2.27. The SMILES string of the molecule is Cc1ccccc1-c1noc(CCCC(=O)NCCn2ccnc2C)n1. The molecule has 2 heterocycles. The van der Waals surface area contributed by atoms with Gasteiger partial charge in [0.2, 0.25) is 17.6 Å². The van der Waals surface area contributed by atoms with Crippen molar-refractivity contribution in [2.45, 2.75) is 39.7 Å². The Morgan fingerprint density at radius 1 is 1.27 bits per heavy atom. The molecule has 0 saturated heterocycles. The van der Waals surface area contributed by atoms with Gasteiger partial charge in [-0.25, -0.2) is 4.98 Å². The Morgan fingerprint density at radius 2 is 2.12 bits per heavy atom. The summed E-state index contributed by atoms with van der Waals surface area (Å²) in [5.74, 6) is 2.13. The van der Waals surface area contributed by atoms with E-state index in [1.54, 1.807) is 6.20 Å². The lowest BCUT2D eigenvalue weighted by molar-refractivity contribution is -0.121. The number of aryl methyl sites for hydroxylation is 3. The van der Waals surface area contributed by atoms with Gasteiger partial charge in [0.15, 0.2) is 0 Å². The first-order valence-electron chi connectivity index (χ1n) is 8.76. The monoisotopic (exact) mass is 353 g/mol. The van der Waals surface area contributed by atoms with Crippen LogP contribution in [-0.4, -0.2) is 32.1 Å². The molecule has 2 aromatic heterocycles. The molecule has 0 atom stereocenters. The van der Waals surface area contributed by atoms with Crippen LogP contribution in [0.1, 0.15) is 30.1 Å². The van der Waals surface area contributed by atoms with Crippen LogP contribution in [0.4, 0.5) is 0 Å². The molecule has 1 aromatic carbocycles. The van der Waals surface area contributed by atoms with E-state index >= 15 is 0 Å². The molecule has 0 unspecified atom stereocenters. The van der Waals surface area contributed by atoms with Gasteiger partial charge in [0.25, 0.3) is 0 Å². The van der Waals surface area contributed by atoms with Gasteiger partial charge in [-0.05, 0) is 25.8 Å². The first kappa shape index (κ1) is 17.8. The Balaban J connectivity index is 1.40. The molecule has 0 radical (unpaired) electrons. The molecule has 0 aliphatic rings. The van der Waals surface area contributed by atoms with Crippen LogP contribution in [0.25, 0.3) is 11.4 Å². The largest absolute Gasteiger partial charge is 0.354 e. The van der Waals surface area contributed by atoms with Crippen molar-refractivity contribution in [2.75, 3.05) is 6.54 Å². The van der Waals surface area contributed by atoms with Crippen LogP contribution in [-0.2, 0) is 17.8 Å². The third-order valence-corrected chi connectivity index (χ3v) is 4.25. The van der Waals surface area contributed by atoms with Gasteiger partial charge in [0.1, 0.15) is 5.82 Å². The minimum absolute atomic E-state index is 0.0291. The van der Waals surface area contributed by atoms with E-state index < -0.39 is 0 Å². The molecule has 7 heteroatoms. The summed E-state index contributed by atoms with van der Waals surface area (Å²) in [7, 11) is 0. The Bertz CT molecular complexity index is 868. The average molecular weight is 353 g/mol. The maximum Gasteiger partial charge on any atom is 0.226 e. The van der Waals surface area contributed by atoms with Crippen LogP contribution >= 0.6 is 0 Å². The minimum Gasteiger partial charge on any atom is -0.354 e. The fourth-order valence-corrected chi connectivity index (χ4v) is 2.73. The zero-order valence-electron chi connectivity index (χ0n) is 15.1. The molecule has 7 nitrogen and oxygen atoms in total. The van der Waals surface area contributed by atoms with Gasteiger partial charge in [0, 0.05) is 43.9 Å². The van der Waals surface area contributed by atoms with Crippen molar-refractivity contribution in [3.05, 3.63) is 53.9 Å². The smallest absolute Gasteiger partial charge is 0.226 e. The summed E-state index contributed by atoms with van der Waals surface area (Å²) in [6.07, 6.45) is 5.36. The second kappa shape index (κ2) is 8.42. The first-order chi connectivity index (χ1) is 12.6. The van der Waals surface area contributed by atoms with Crippen LogP contribution in [0.2, 0.25) is 0 Å². The number of benzene rings is 1. The van der Waals surface area contributed by atoms with Gasteiger partial charge in [-0.3, -0.25) is 4.79 Å². The van der Waals surface area contributed by atoms with Gasteiger partial charge < -0.3 is 14.4 Å². The molecule has 0 spiro atoms. The molecule has 3 rings (SSSR count). The molecule has 0 aliphatic carbocycles. The maximum absolute atomic E-state index is 11.9. The van der Waals surface area contributed by atoms with Crippen molar-refractivity contribution in [1.29, 1.82) is 0 Å². The Labute approximate surface area is 152 Å².